The van der Waals surface area contributed by atoms with Gasteiger partial charge in [-0.25, -0.2) is 0 Å². The normalized spacial score (nSPS) is 9.53. The summed E-state index contributed by atoms with van der Waals surface area (Å²) in [5, 5.41) is 17.3. The van der Waals surface area contributed by atoms with Gasteiger partial charge in [0.05, 0.1) is 0 Å². The second-order valence-corrected chi connectivity index (χ2v) is 5.20. The molecule has 0 spiro atoms. The summed E-state index contributed by atoms with van der Waals surface area (Å²) in [6.45, 7) is 2.23. The largest absolute Gasteiger partial charge is 0.508 e. The number of hydrogen-bond donors (Lipinski definition) is 2. The van der Waals surface area contributed by atoms with E-state index in [4.69, 9.17) is 10.2 Å². The minimum atomic E-state index is 0.0880. The van der Waals surface area contributed by atoms with Gasteiger partial charge in [-0.1, -0.05) is 37.6 Å². The maximum atomic E-state index is 8.65. The van der Waals surface area contributed by atoms with Gasteiger partial charge in [-0.2, -0.15) is 0 Å². The Morgan fingerprint density at radius 1 is 0.895 bits per heavy atom. The van der Waals surface area contributed by atoms with Crippen molar-refractivity contribution in [3.05, 3.63) is 54.6 Å². The number of phenolic OH excluding ortho intramolecular Hbond substituents is 2. The number of hydrogen-bond acceptors (Lipinski definition) is 3. The van der Waals surface area contributed by atoms with Crippen LogP contribution in [0.2, 0.25) is 0 Å². The predicted molar refractivity (Wildman–Crippen MR) is 81.8 cm³/mol. The van der Waals surface area contributed by atoms with Gasteiger partial charge >= 0.3 is 0 Å². The molecule has 0 saturated carbocycles. The number of thioether (sulfide) groups is 1. The lowest BCUT2D eigenvalue weighted by molar-refractivity contribution is 0.450. The Labute approximate surface area is 119 Å². The molecule has 0 fully saturated rings. The fourth-order valence-corrected chi connectivity index (χ4v) is 2.36. The first-order chi connectivity index (χ1) is 9.22. The van der Waals surface area contributed by atoms with Crippen molar-refractivity contribution in [1.82, 2.24) is 0 Å². The van der Waals surface area contributed by atoms with Gasteiger partial charge < -0.3 is 10.2 Å². The van der Waals surface area contributed by atoms with E-state index in [0.717, 1.165) is 0 Å². The molecule has 0 aliphatic carbocycles. The fourth-order valence-electron chi connectivity index (χ4n) is 1.34. The van der Waals surface area contributed by atoms with Crippen LogP contribution in [0.1, 0.15) is 19.8 Å². The molecule has 3 heteroatoms. The molecule has 2 aromatic rings. The summed E-state index contributed by atoms with van der Waals surface area (Å²) in [6.07, 6.45) is 2.61. The number of rotatable bonds is 4. The lowest BCUT2D eigenvalue weighted by Crippen LogP contribution is -1.76. The topological polar surface area (TPSA) is 40.5 Å². The highest BCUT2D eigenvalue weighted by Crippen LogP contribution is 2.18. The molecule has 0 heterocycles. The number of phenols is 2. The van der Waals surface area contributed by atoms with Crippen molar-refractivity contribution in [2.45, 2.75) is 24.7 Å². The smallest absolute Gasteiger partial charge is 0.119 e. The van der Waals surface area contributed by atoms with Crippen molar-refractivity contribution in [2.75, 3.05) is 5.75 Å². The Morgan fingerprint density at radius 3 is 2.00 bits per heavy atom. The Kier molecular flexibility index (Phi) is 7.59. The van der Waals surface area contributed by atoms with Gasteiger partial charge in [0.1, 0.15) is 11.5 Å². The summed E-state index contributed by atoms with van der Waals surface area (Å²) in [7, 11) is 0. The van der Waals surface area contributed by atoms with Gasteiger partial charge in [-0.05, 0) is 36.4 Å². The summed E-state index contributed by atoms with van der Waals surface area (Å²) >= 11 is 1.94. The summed E-state index contributed by atoms with van der Waals surface area (Å²) in [5.41, 5.74) is 0. The summed E-state index contributed by atoms with van der Waals surface area (Å²) < 4.78 is 0. The molecule has 0 radical (unpaired) electrons. The molecular formula is C16H20O2S. The molecule has 0 atom stereocenters. The first-order valence-corrected chi connectivity index (χ1v) is 7.36. The number of unbranched alkanes of at least 4 members (excludes halogenated alkanes) is 1. The zero-order valence-electron chi connectivity index (χ0n) is 11.1. The average molecular weight is 276 g/mol. The van der Waals surface area contributed by atoms with Crippen LogP contribution in [0.25, 0.3) is 0 Å². The van der Waals surface area contributed by atoms with Crippen molar-refractivity contribution in [3.63, 3.8) is 0 Å². The van der Waals surface area contributed by atoms with Crippen LogP contribution in [-0.4, -0.2) is 16.0 Å². The maximum absolute atomic E-state index is 8.65. The number of aromatic hydroxyl groups is 2. The Morgan fingerprint density at radius 2 is 1.53 bits per heavy atom. The Balaban J connectivity index is 0.000000200. The van der Waals surface area contributed by atoms with E-state index in [2.05, 4.69) is 37.3 Å². The summed E-state index contributed by atoms with van der Waals surface area (Å²) in [5.74, 6) is 1.43. The molecule has 2 N–H and O–H groups in total. The van der Waals surface area contributed by atoms with Crippen LogP contribution in [0.5, 0.6) is 11.5 Å². The zero-order valence-corrected chi connectivity index (χ0v) is 11.9. The van der Waals surface area contributed by atoms with E-state index in [1.54, 1.807) is 6.07 Å². The minimum Gasteiger partial charge on any atom is -0.508 e. The van der Waals surface area contributed by atoms with E-state index in [0.29, 0.717) is 0 Å². The molecule has 2 aromatic carbocycles. The standard InChI is InChI=1S/C10H14S.C6H6O2/c1-2-3-9-11-10-7-5-4-6-8-10;7-5-2-1-3-6(8)4-5/h4-8H,2-3,9H2,1H3;1-4,7-8H. The van der Waals surface area contributed by atoms with E-state index in [9.17, 15) is 0 Å². The van der Waals surface area contributed by atoms with E-state index < -0.39 is 0 Å². The minimum absolute atomic E-state index is 0.0880. The highest BCUT2D eigenvalue weighted by molar-refractivity contribution is 7.99. The highest BCUT2D eigenvalue weighted by atomic mass is 32.2. The molecule has 0 aliphatic rings. The SMILES string of the molecule is CCCCSc1ccccc1.Oc1cccc(O)c1. The van der Waals surface area contributed by atoms with Gasteiger partial charge in [0.25, 0.3) is 0 Å². The zero-order chi connectivity index (χ0) is 13.9. The Bertz CT molecular complexity index is 440. The second-order valence-electron chi connectivity index (χ2n) is 4.03. The molecule has 2 rings (SSSR count). The first kappa shape index (κ1) is 15.4. The Hall–Kier alpha value is -1.61. The monoisotopic (exact) mass is 276 g/mol. The maximum Gasteiger partial charge on any atom is 0.119 e. The van der Waals surface area contributed by atoms with Gasteiger partial charge in [-0.15, -0.1) is 11.8 Å². The van der Waals surface area contributed by atoms with Crippen LogP contribution in [0.4, 0.5) is 0 Å². The van der Waals surface area contributed by atoms with E-state index in [-0.39, 0.29) is 11.5 Å². The van der Waals surface area contributed by atoms with Crippen molar-refractivity contribution in [2.24, 2.45) is 0 Å². The fraction of sp³-hybridized carbons (Fsp3) is 0.250. The van der Waals surface area contributed by atoms with Gasteiger partial charge in [0, 0.05) is 11.0 Å². The van der Waals surface area contributed by atoms with Crippen molar-refractivity contribution in [1.29, 1.82) is 0 Å². The summed E-state index contributed by atoms with van der Waals surface area (Å²) in [4.78, 5) is 1.39. The van der Waals surface area contributed by atoms with Crippen LogP contribution in [0, 0.1) is 0 Å². The molecule has 0 aliphatic heterocycles. The van der Waals surface area contributed by atoms with E-state index >= 15 is 0 Å². The molecule has 2 nitrogen and oxygen atoms in total. The van der Waals surface area contributed by atoms with Crippen LogP contribution < -0.4 is 0 Å². The predicted octanol–water partition coefficient (Wildman–Crippen LogP) is 4.68. The number of benzene rings is 2. The van der Waals surface area contributed by atoms with Gasteiger partial charge in [0.15, 0.2) is 0 Å². The first-order valence-electron chi connectivity index (χ1n) is 6.38. The molecule has 0 saturated heterocycles. The highest BCUT2D eigenvalue weighted by Gasteiger charge is 1.89. The van der Waals surface area contributed by atoms with E-state index in [1.165, 1.54) is 41.7 Å². The van der Waals surface area contributed by atoms with Crippen molar-refractivity contribution in [3.8, 4) is 11.5 Å². The van der Waals surface area contributed by atoms with Crippen molar-refractivity contribution < 1.29 is 10.2 Å². The lowest BCUT2D eigenvalue weighted by Gasteiger charge is -1.98. The molecular weight excluding hydrogens is 256 g/mol. The van der Waals surface area contributed by atoms with Crippen LogP contribution in [0.3, 0.4) is 0 Å². The molecule has 19 heavy (non-hydrogen) atoms. The van der Waals surface area contributed by atoms with Crippen LogP contribution in [0.15, 0.2) is 59.5 Å². The third kappa shape index (κ3) is 7.42. The lowest BCUT2D eigenvalue weighted by atomic mass is 10.3. The van der Waals surface area contributed by atoms with Crippen molar-refractivity contribution >= 4 is 11.8 Å². The molecule has 0 amide bonds. The van der Waals surface area contributed by atoms with Crippen LogP contribution in [-0.2, 0) is 0 Å². The van der Waals surface area contributed by atoms with E-state index in [1.807, 2.05) is 11.8 Å². The molecule has 102 valence electrons. The third-order valence-corrected chi connectivity index (χ3v) is 3.44. The average Bonchev–Trinajstić information content (AvgIpc) is 2.41. The van der Waals surface area contributed by atoms with Gasteiger partial charge in [-0.3, -0.25) is 0 Å². The second kappa shape index (κ2) is 9.34. The van der Waals surface area contributed by atoms with Crippen LogP contribution >= 0.6 is 11.8 Å². The molecule has 0 aromatic heterocycles. The summed E-state index contributed by atoms with van der Waals surface area (Å²) in [6, 6.07) is 16.4. The molecule has 0 bridgehead atoms. The molecule has 0 unspecified atom stereocenters. The quantitative estimate of drug-likeness (QED) is 0.629. The van der Waals surface area contributed by atoms with Gasteiger partial charge in [0.2, 0.25) is 0 Å². The third-order valence-electron chi connectivity index (χ3n) is 2.34.